The molecule has 0 bridgehead atoms. The summed E-state index contributed by atoms with van der Waals surface area (Å²) < 4.78 is 30.0. The van der Waals surface area contributed by atoms with Gasteiger partial charge in [-0.05, 0) is 19.9 Å². The minimum Gasteiger partial charge on any atom is -0.507 e. The molecule has 2 aliphatic carbocycles. The van der Waals surface area contributed by atoms with E-state index in [9.17, 15) is 29.7 Å². The number of hydrogen-bond acceptors (Lipinski definition) is 13. The van der Waals surface area contributed by atoms with Crippen LogP contribution in [0.15, 0.2) is 18.2 Å². The van der Waals surface area contributed by atoms with Crippen molar-refractivity contribution in [2.24, 2.45) is 0 Å². The lowest BCUT2D eigenvalue weighted by Crippen LogP contribution is -2.55. The molecule has 2 aromatic carbocycles. The van der Waals surface area contributed by atoms with Crippen LogP contribution in [0.1, 0.15) is 75.8 Å². The Kier molecular flexibility index (Phi) is 6.86. The number of methoxy groups -OCH3 is 1. The molecule has 0 unspecified atom stereocenters. The number of nitrogen functional groups attached to an aromatic ring is 1. The Morgan fingerprint density at radius 3 is 2.59 bits per heavy atom. The number of fused-ring (bicyclic) bond motifs is 6. The number of hydrogen-bond donors (Lipinski definition) is 4. The molecule has 5 aliphatic rings. The molecule has 0 amide bonds. The smallest absolute Gasteiger partial charge is 0.200 e. The van der Waals surface area contributed by atoms with E-state index in [4.69, 9.17) is 29.4 Å². The van der Waals surface area contributed by atoms with Crippen molar-refractivity contribution in [2.75, 3.05) is 26.0 Å². The molecule has 234 valence electrons. The molecule has 0 spiro atoms. The first kappa shape index (κ1) is 29.3. The molecule has 3 saturated heterocycles. The zero-order chi connectivity index (χ0) is 31.2. The molecular formula is C31H34N2O11. The fourth-order valence-electron chi connectivity index (χ4n) is 7.49. The fraction of sp³-hybridized carbons (Fsp3) is 0.516. The third-order valence-electron chi connectivity index (χ3n) is 9.69. The second-order valence-electron chi connectivity index (χ2n) is 12.1. The van der Waals surface area contributed by atoms with Crippen molar-refractivity contribution in [3.63, 3.8) is 0 Å². The molecule has 0 radical (unpaired) electrons. The molecule has 5 N–H and O–H groups in total. The van der Waals surface area contributed by atoms with Crippen molar-refractivity contribution < 1.29 is 53.4 Å². The number of nitrogens with two attached hydrogens (primary N) is 1. The maximum Gasteiger partial charge on any atom is 0.200 e. The van der Waals surface area contributed by atoms with Crippen LogP contribution in [0.3, 0.4) is 0 Å². The number of ketones is 3. The first-order valence-corrected chi connectivity index (χ1v) is 14.6. The summed E-state index contributed by atoms with van der Waals surface area (Å²) >= 11 is 0. The molecule has 0 aromatic heterocycles. The van der Waals surface area contributed by atoms with Gasteiger partial charge in [0.15, 0.2) is 36.2 Å². The molecule has 3 fully saturated rings. The lowest BCUT2D eigenvalue weighted by atomic mass is 9.72. The predicted octanol–water partition coefficient (Wildman–Crippen LogP) is 1.31. The number of morpholine rings is 1. The largest absolute Gasteiger partial charge is 0.507 e. The van der Waals surface area contributed by atoms with Gasteiger partial charge in [-0.1, -0.05) is 12.1 Å². The molecule has 8 atom stereocenters. The van der Waals surface area contributed by atoms with E-state index >= 15 is 0 Å². The molecule has 3 aliphatic heterocycles. The number of rotatable bonds is 4. The van der Waals surface area contributed by atoms with E-state index in [-0.39, 0.29) is 46.5 Å². The summed E-state index contributed by atoms with van der Waals surface area (Å²) in [6, 6.07) is 4.27. The monoisotopic (exact) mass is 610 g/mol. The lowest BCUT2D eigenvalue weighted by molar-refractivity contribution is -0.256. The first-order valence-electron chi connectivity index (χ1n) is 14.6. The molecule has 0 saturated carbocycles. The van der Waals surface area contributed by atoms with E-state index in [0.717, 1.165) is 0 Å². The number of phenolic OH excluding ortho intramolecular Hbond substituents is 2. The van der Waals surface area contributed by atoms with Crippen molar-refractivity contribution >= 4 is 23.0 Å². The maximum absolute atomic E-state index is 13.7. The summed E-state index contributed by atoms with van der Waals surface area (Å²) in [5.74, 6) is -3.20. The van der Waals surface area contributed by atoms with Gasteiger partial charge in [0.25, 0.3) is 0 Å². The molecule has 2 aromatic rings. The standard InChI is InChI=1S/C31H34N2O11/c1-12-28-17(33-7-8-41-30(40-3)29(33)44-28)9-19(42-12)43-18-11-31(39,13(2)34)10-15-21(18)27(38)23-22(25(15)36)24(35)14-5-4-6-16(32)20(14)26(23)37/h4-6,12,17-19,28-30,36,38-39H,7-11,32H2,1-3H3/t12-,17-,18-,19-,28+,29+,30-,31-/m0/s1. The maximum atomic E-state index is 13.7. The van der Waals surface area contributed by atoms with Crippen LogP contribution >= 0.6 is 0 Å². The molecular weight excluding hydrogens is 576 g/mol. The van der Waals surface area contributed by atoms with Crippen LogP contribution in [0.5, 0.6) is 11.5 Å². The Morgan fingerprint density at radius 2 is 1.86 bits per heavy atom. The van der Waals surface area contributed by atoms with Gasteiger partial charge < -0.3 is 44.7 Å². The summed E-state index contributed by atoms with van der Waals surface area (Å²) in [5, 5.41) is 34.6. The van der Waals surface area contributed by atoms with Gasteiger partial charge in [-0.3, -0.25) is 19.3 Å². The van der Waals surface area contributed by atoms with E-state index < -0.39 is 83.0 Å². The Labute approximate surface area is 252 Å². The van der Waals surface area contributed by atoms with Crippen LogP contribution in [0.4, 0.5) is 5.69 Å². The topological polar surface area (TPSA) is 187 Å². The SMILES string of the molecule is CO[C@H]1OCCN2[C@@H]1O[C@@H]1[C@H](C)O[C@@H](O[C@H]3C[C@](O)(C(C)=O)Cc4c(O)c5c(c(O)c43)C(=O)c3c(N)cccc3C5=O)C[C@@H]12. The van der Waals surface area contributed by atoms with Crippen LogP contribution in [0.2, 0.25) is 0 Å². The highest BCUT2D eigenvalue weighted by Crippen LogP contribution is 2.52. The second kappa shape index (κ2) is 10.3. The van der Waals surface area contributed by atoms with Crippen molar-refractivity contribution in [3.8, 4) is 11.5 Å². The highest BCUT2D eigenvalue weighted by atomic mass is 16.7. The number of anilines is 1. The average Bonchev–Trinajstić information content (AvgIpc) is 3.37. The normalized spacial score (nSPS) is 34.5. The minimum absolute atomic E-state index is 0.0102. The third-order valence-corrected chi connectivity index (χ3v) is 9.69. The number of carbonyl (C=O) groups excluding carboxylic acids is 3. The highest BCUT2D eigenvalue weighted by molar-refractivity contribution is 6.32. The lowest BCUT2D eigenvalue weighted by Gasteiger charge is -2.43. The fourth-order valence-corrected chi connectivity index (χ4v) is 7.49. The molecule has 13 nitrogen and oxygen atoms in total. The van der Waals surface area contributed by atoms with Gasteiger partial charge in [0.2, 0.25) is 0 Å². The summed E-state index contributed by atoms with van der Waals surface area (Å²) in [5.41, 5.74) is 3.19. The summed E-state index contributed by atoms with van der Waals surface area (Å²) in [4.78, 5) is 42.1. The van der Waals surface area contributed by atoms with Gasteiger partial charge in [-0.25, -0.2) is 0 Å². The second-order valence-corrected chi connectivity index (χ2v) is 12.1. The van der Waals surface area contributed by atoms with Gasteiger partial charge in [-0.15, -0.1) is 0 Å². The Morgan fingerprint density at radius 1 is 1.11 bits per heavy atom. The van der Waals surface area contributed by atoms with Crippen LogP contribution in [0.25, 0.3) is 0 Å². The van der Waals surface area contributed by atoms with Crippen LogP contribution in [0, 0.1) is 0 Å². The van der Waals surface area contributed by atoms with Gasteiger partial charge in [-0.2, -0.15) is 0 Å². The molecule has 13 heteroatoms. The number of benzene rings is 2. The first-order chi connectivity index (χ1) is 20.9. The Balaban J connectivity index is 1.29. The summed E-state index contributed by atoms with van der Waals surface area (Å²) in [7, 11) is 1.55. The molecule has 7 rings (SSSR count). The third kappa shape index (κ3) is 4.15. The number of aromatic hydroxyl groups is 2. The quantitative estimate of drug-likeness (QED) is 0.245. The van der Waals surface area contributed by atoms with Crippen molar-refractivity contribution in [1.82, 2.24) is 4.90 Å². The van der Waals surface area contributed by atoms with E-state index in [0.29, 0.717) is 19.6 Å². The van der Waals surface area contributed by atoms with Gasteiger partial charge in [0, 0.05) is 61.3 Å². The number of aliphatic hydroxyl groups is 1. The number of carbonyl (C=O) groups is 3. The molecule has 3 heterocycles. The van der Waals surface area contributed by atoms with E-state index in [1.54, 1.807) is 7.11 Å². The van der Waals surface area contributed by atoms with Crippen LogP contribution in [-0.2, 0) is 34.9 Å². The number of phenols is 2. The van der Waals surface area contributed by atoms with Crippen LogP contribution < -0.4 is 5.73 Å². The Bertz CT molecular complexity index is 1590. The number of ether oxygens (including phenoxy) is 5. The zero-order valence-corrected chi connectivity index (χ0v) is 24.4. The zero-order valence-electron chi connectivity index (χ0n) is 24.4. The van der Waals surface area contributed by atoms with Gasteiger partial charge in [0.1, 0.15) is 23.2 Å². The summed E-state index contributed by atoms with van der Waals surface area (Å²) in [6.45, 7) is 4.11. The van der Waals surface area contributed by atoms with Gasteiger partial charge in [0.05, 0.1) is 35.5 Å². The van der Waals surface area contributed by atoms with Crippen molar-refractivity contribution in [1.29, 1.82) is 0 Å². The number of nitrogens with zero attached hydrogens (tertiary/aromatic N) is 1. The predicted molar refractivity (Wildman–Crippen MR) is 150 cm³/mol. The highest BCUT2D eigenvalue weighted by Gasteiger charge is 2.55. The Hall–Kier alpha value is -3.43. The number of Topliss-reactive ketones (excluding diaryl/α,β-unsaturated/α-hetero) is 1. The van der Waals surface area contributed by atoms with E-state index in [1.165, 1.54) is 25.1 Å². The van der Waals surface area contributed by atoms with Crippen LogP contribution in [-0.4, -0.2) is 100 Å². The average molecular weight is 611 g/mol. The van der Waals surface area contributed by atoms with Gasteiger partial charge >= 0.3 is 0 Å². The van der Waals surface area contributed by atoms with Crippen molar-refractivity contribution in [2.45, 2.75) is 81.9 Å². The van der Waals surface area contributed by atoms with E-state index in [2.05, 4.69) is 4.90 Å². The van der Waals surface area contributed by atoms with E-state index in [1.807, 2.05) is 6.92 Å². The van der Waals surface area contributed by atoms with Crippen molar-refractivity contribution in [3.05, 3.63) is 51.6 Å². The molecule has 44 heavy (non-hydrogen) atoms. The summed E-state index contributed by atoms with van der Waals surface area (Å²) in [6.07, 6.45) is -4.14. The minimum atomic E-state index is -1.99.